The van der Waals surface area contributed by atoms with E-state index in [-0.39, 0.29) is 0 Å². The maximum Gasteiger partial charge on any atom is 0.213 e. The number of ether oxygens (including phenoxy) is 3. The molecule has 11 heteroatoms. The lowest BCUT2D eigenvalue weighted by Crippen LogP contribution is -2.78. The topological polar surface area (TPSA) is 167 Å². The number of benzene rings is 2. The van der Waals surface area contributed by atoms with Crippen LogP contribution in [0.3, 0.4) is 0 Å². The smallest absolute Gasteiger partial charge is 0.213 e. The Balaban J connectivity index is 0.000000654. The lowest BCUT2D eigenvalue weighted by Gasteiger charge is -2.17. The largest absolute Gasteiger partial charge is 0.497 e. The number of hydrogen-bond acceptors (Lipinski definition) is 9. The molecule has 0 radical (unpaired) electrons. The van der Waals surface area contributed by atoms with Gasteiger partial charge in [0, 0.05) is 5.56 Å². The molecule has 1 atom stereocenters. The van der Waals surface area contributed by atoms with Crippen LogP contribution in [0.5, 0.6) is 17.2 Å². The first-order chi connectivity index (χ1) is 15.0. The van der Waals surface area contributed by atoms with Crippen molar-refractivity contribution in [2.75, 3.05) is 27.9 Å². The van der Waals surface area contributed by atoms with E-state index >= 15 is 0 Å². The van der Waals surface area contributed by atoms with Gasteiger partial charge in [-0.1, -0.05) is 0 Å². The number of nitrogens with one attached hydrogen (secondary N) is 1. The third-order valence-electron chi connectivity index (χ3n) is 4.23. The number of rotatable bonds is 6. The van der Waals surface area contributed by atoms with Crippen molar-refractivity contribution in [3.63, 3.8) is 0 Å². The van der Waals surface area contributed by atoms with Crippen LogP contribution >= 0.6 is 0 Å². The van der Waals surface area contributed by atoms with Crippen LogP contribution in [0.25, 0.3) is 22.3 Å². The summed E-state index contributed by atoms with van der Waals surface area (Å²) >= 11 is 0. The van der Waals surface area contributed by atoms with Crippen LogP contribution in [0, 0.1) is 10.2 Å². The Labute approximate surface area is 186 Å². The highest BCUT2D eigenvalue weighted by molar-refractivity contribution is 5.79. The lowest BCUT2D eigenvalue weighted by molar-refractivity contribution is -2.00. The molecule has 1 aromatic heterocycles. The van der Waals surface area contributed by atoms with E-state index in [9.17, 15) is 5.11 Å². The van der Waals surface area contributed by atoms with E-state index in [1.165, 1.54) is 0 Å². The molecule has 0 aliphatic carbocycles. The zero-order valence-corrected chi connectivity index (χ0v) is 18.7. The molecule has 0 amide bonds. The summed E-state index contributed by atoms with van der Waals surface area (Å²) in [5, 5.41) is 11.4. The minimum atomic E-state index is -4.94. The Hall–Kier alpha value is -2.86. The Bertz CT molecular complexity index is 1100. The van der Waals surface area contributed by atoms with Gasteiger partial charge in [0.1, 0.15) is 23.2 Å². The molecule has 3 aromatic rings. The summed E-state index contributed by atoms with van der Waals surface area (Å²) in [5.74, 6) is 2.68. The lowest BCUT2D eigenvalue weighted by atomic mass is 10.1. The van der Waals surface area contributed by atoms with Crippen molar-refractivity contribution < 1.29 is 57.6 Å². The average molecular weight is 470 g/mol. The molecule has 0 aliphatic heterocycles. The molecule has 10 nitrogen and oxygen atoms in total. The zero-order chi connectivity index (χ0) is 23.9. The van der Waals surface area contributed by atoms with Gasteiger partial charge in [-0.25, -0.2) is 23.6 Å². The maximum absolute atomic E-state index is 9.66. The molecule has 3 rings (SSSR count). The Morgan fingerprint density at radius 1 is 0.938 bits per heavy atom. The molecule has 0 fully saturated rings. The van der Waals surface area contributed by atoms with Crippen LogP contribution in [-0.4, -0.2) is 39.1 Å². The van der Waals surface area contributed by atoms with Gasteiger partial charge in [0.05, 0.1) is 32.8 Å². The van der Waals surface area contributed by atoms with Gasteiger partial charge in [-0.05, 0) is 43.3 Å². The Kier molecular flexibility index (Phi) is 8.84. The molecule has 0 aliphatic rings. The van der Waals surface area contributed by atoms with Crippen molar-refractivity contribution in [2.45, 2.75) is 13.0 Å². The molecule has 1 unspecified atom stereocenters. The third-order valence-corrected chi connectivity index (χ3v) is 4.23. The van der Waals surface area contributed by atoms with E-state index in [4.69, 9.17) is 37.3 Å². The summed E-state index contributed by atoms with van der Waals surface area (Å²) in [6.45, 7) is 2.15. The number of halogens is 1. The molecule has 0 saturated carbocycles. The fourth-order valence-electron chi connectivity index (χ4n) is 2.83. The van der Waals surface area contributed by atoms with E-state index in [1.54, 1.807) is 28.3 Å². The second kappa shape index (κ2) is 11.1. The van der Waals surface area contributed by atoms with Crippen molar-refractivity contribution in [3.8, 4) is 28.6 Å². The summed E-state index contributed by atoms with van der Waals surface area (Å²) in [7, 11) is -0.121. The standard InChI is InChI=1S/C21H23NO5.ClHO4/c1-13(23)12-22-17-11-20(14-5-7-19(25-3)21(9-14)26-4)27-18-8-6-15(24-2)10-16(17)18;2-1(3,4)5/h5-11,13,23H,12H2,1-4H3;(H,2,3,4,5). The maximum atomic E-state index is 9.66. The molecular formula is C21H24ClNO9. The highest BCUT2D eigenvalue weighted by Crippen LogP contribution is 2.32. The van der Waals surface area contributed by atoms with Crippen molar-refractivity contribution in [1.29, 1.82) is 0 Å². The average Bonchev–Trinajstić information content (AvgIpc) is 2.75. The predicted molar refractivity (Wildman–Crippen MR) is 102 cm³/mol. The summed E-state index contributed by atoms with van der Waals surface area (Å²) in [6.07, 6.45) is -0.479. The van der Waals surface area contributed by atoms with Crippen LogP contribution in [0.4, 0.5) is 0 Å². The van der Waals surface area contributed by atoms with Gasteiger partial charge in [-0.2, -0.15) is 0 Å². The van der Waals surface area contributed by atoms with Gasteiger partial charge in [0.2, 0.25) is 5.36 Å². The van der Waals surface area contributed by atoms with E-state index in [0.717, 1.165) is 22.1 Å². The number of aliphatic hydroxyl groups excluding tert-OH is 1. The third kappa shape index (κ3) is 7.38. The molecule has 174 valence electrons. The van der Waals surface area contributed by atoms with Gasteiger partial charge in [-0.3, -0.25) is 0 Å². The number of methoxy groups -OCH3 is 3. The first kappa shape index (κ1) is 25.4. The van der Waals surface area contributed by atoms with Gasteiger partial charge in [-0.15, -0.1) is 10.2 Å². The molecule has 0 bridgehead atoms. The molecule has 32 heavy (non-hydrogen) atoms. The fourth-order valence-corrected chi connectivity index (χ4v) is 2.83. The molecule has 2 N–H and O–H groups in total. The second-order valence-corrected chi connectivity index (χ2v) is 7.32. The van der Waals surface area contributed by atoms with Crippen LogP contribution in [0.15, 0.2) is 46.9 Å². The first-order valence-electron chi connectivity index (χ1n) is 9.26. The monoisotopic (exact) mass is 469 g/mol. The van der Waals surface area contributed by atoms with Crippen molar-refractivity contribution in [1.82, 2.24) is 0 Å². The van der Waals surface area contributed by atoms with Crippen molar-refractivity contribution in [2.24, 2.45) is 0 Å². The van der Waals surface area contributed by atoms with Crippen LogP contribution in [-0.2, 0) is 0 Å². The fraction of sp³-hybridized carbons (Fsp3) is 0.286. The number of hydrogen-bond donors (Lipinski definition) is 2. The molecular weight excluding hydrogens is 446 g/mol. The Morgan fingerprint density at radius 2 is 1.59 bits per heavy atom. The summed E-state index contributed by atoms with van der Waals surface area (Å²) < 4.78 is 56.1. The van der Waals surface area contributed by atoms with Crippen molar-refractivity contribution in [3.05, 3.63) is 47.8 Å². The summed E-state index contributed by atoms with van der Waals surface area (Å²) in [5.41, 5.74) is 1.56. The zero-order valence-electron chi connectivity index (χ0n) is 17.9. The van der Waals surface area contributed by atoms with Crippen LogP contribution in [0.2, 0.25) is 0 Å². The van der Waals surface area contributed by atoms with Gasteiger partial charge >= 0.3 is 0 Å². The highest BCUT2D eigenvalue weighted by Gasteiger charge is 2.13. The van der Waals surface area contributed by atoms with E-state index in [0.29, 0.717) is 29.4 Å². The second-order valence-electron chi connectivity index (χ2n) is 6.56. The van der Waals surface area contributed by atoms with Crippen molar-refractivity contribution >= 4 is 11.0 Å². The molecule has 0 saturated heterocycles. The van der Waals surface area contributed by atoms with Crippen LogP contribution in [0.1, 0.15) is 6.92 Å². The van der Waals surface area contributed by atoms with E-state index in [2.05, 4.69) is 4.99 Å². The molecule has 1 heterocycles. The molecule has 2 aromatic carbocycles. The SMILES string of the molecule is COc1ccc2oc(-c3ccc(OC)c(OC)c3)cc(=[NH+]CC(C)O)c2c1.[O-][Cl+3]([O-])([O-])[O-]. The normalized spacial score (nSPS) is 12.7. The highest BCUT2D eigenvalue weighted by atomic mass is 35.7. The van der Waals surface area contributed by atoms with Gasteiger partial charge < -0.3 is 23.7 Å². The van der Waals surface area contributed by atoms with Gasteiger partial charge in [0.25, 0.3) is 0 Å². The number of fused-ring (bicyclic) bond motifs is 1. The quantitative estimate of drug-likeness (QED) is 0.376. The summed E-state index contributed by atoms with van der Waals surface area (Å²) in [6, 6.07) is 13.1. The first-order valence-corrected chi connectivity index (χ1v) is 10.5. The minimum absolute atomic E-state index is 0.418. The van der Waals surface area contributed by atoms with Gasteiger partial charge in [0.15, 0.2) is 18.0 Å². The van der Waals surface area contributed by atoms with E-state index < -0.39 is 16.3 Å². The van der Waals surface area contributed by atoms with Crippen LogP contribution < -0.4 is 43.2 Å². The minimum Gasteiger partial charge on any atom is -0.497 e. The molecule has 0 spiro atoms. The Morgan fingerprint density at radius 3 is 2.16 bits per heavy atom. The summed E-state index contributed by atoms with van der Waals surface area (Å²) in [4.78, 5) is 3.28. The number of aliphatic hydroxyl groups is 1. The predicted octanol–water partition coefficient (Wildman–Crippen LogP) is -3.27. The van der Waals surface area contributed by atoms with E-state index in [1.807, 2.05) is 42.5 Å².